The summed E-state index contributed by atoms with van der Waals surface area (Å²) in [5.74, 6) is -0.142. The molecule has 2 N–H and O–H groups in total. The zero-order valence-corrected chi connectivity index (χ0v) is 10.7. The zero-order chi connectivity index (χ0) is 12.3. The van der Waals surface area contributed by atoms with Crippen molar-refractivity contribution in [2.24, 2.45) is 5.92 Å². The number of carboxylic acids is 1. The van der Waals surface area contributed by atoms with Gasteiger partial charge >= 0.3 is 5.97 Å². The summed E-state index contributed by atoms with van der Waals surface area (Å²) >= 11 is 1.32. The van der Waals surface area contributed by atoms with Crippen LogP contribution in [-0.4, -0.2) is 26.5 Å². The predicted molar refractivity (Wildman–Crippen MR) is 66.3 cm³/mol. The minimum atomic E-state index is -0.710. The highest BCUT2D eigenvalue weighted by molar-refractivity contribution is 7.09. The summed E-state index contributed by atoms with van der Waals surface area (Å²) in [5.41, 5.74) is 0. The monoisotopic (exact) mass is 255 g/mol. The van der Waals surface area contributed by atoms with Crippen LogP contribution in [0.4, 0.5) is 5.13 Å². The van der Waals surface area contributed by atoms with Gasteiger partial charge in [-0.25, -0.2) is 4.98 Å². The smallest absolute Gasteiger partial charge is 0.308 e. The molecule has 1 aromatic heterocycles. The fourth-order valence-electron chi connectivity index (χ4n) is 2.22. The molecule has 0 aliphatic heterocycles. The number of aryl methyl sites for hydroxylation is 1. The van der Waals surface area contributed by atoms with Crippen molar-refractivity contribution in [2.75, 3.05) is 5.32 Å². The van der Waals surface area contributed by atoms with Crippen LogP contribution in [0.2, 0.25) is 0 Å². The minimum Gasteiger partial charge on any atom is -0.481 e. The van der Waals surface area contributed by atoms with Crippen molar-refractivity contribution in [1.29, 1.82) is 0 Å². The summed E-state index contributed by atoms with van der Waals surface area (Å²) in [6.07, 6.45) is 4.53. The van der Waals surface area contributed by atoms with E-state index in [1.165, 1.54) is 11.5 Å². The van der Waals surface area contributed by atoms with Gasteiger partial charge in [0.15, 0.2) is 0 Å². The summed E-state index contributed by atoms with van der Waals surface area (Å²) < 4.78 is 4.24. The quantitative estimate of drug-likeness (QED) is 0.843. The summed E-state index contributed by atoms with van der Waals surface area (Å²) in [7, 11) is 0. The molecule has 0 aromatic carbocycles. The third-order valence-corrected chi connectivity index (χ3v) is 3.77. The van der Waals surface area contributed by atoms with Crippen LogP contribution in [0.15, 0.2) is 0 Å². The van der Waals surface area contributed by atoms with E-state index in [9.17, 15) is 4.79 Å². The lowest BCUT2D eigenvalue weighted by molar-refractivity contribution is -0.141. The average Bonchev–Trinajstić information content (AvgIpc) is 2.89. The first-order valence-corrected chi connectivity index (χ1v) is 6.80. The number of carboxylic acid groups (broad SMARTS) is 1. The van der Waals surface area contributed by atoms with Gasteiger partial charge in [-0.2, -0.15) is 4.37 Å². The Balaban J connectivity index is 1.97. The highest BCUT2D eigenvalue weighted by Gasteiger charge is 2.33. The van der Waals surface area contributed by atoms with Crippen LogP contribution in [0.3, 0.4) is 0 Å². The highest BCUT2D eigenvalue weighted by atomic mass is 32.1. The first-order chi connectivity index (χ1) is 8.20. The fraction of sp³-hybridized carbons (Fsp3) is 0.727. The van der Waals surface area contributed by atoms with Gasteiger partial charge in [0.2, 0.25) is 5.13 Å². The number of aromatic nitrogens is 2. The van der Waals surface area contributed by atoms with Gasteiger partial charge in [0, 0.05) is 24.0 Å². The molecule has 2 rings (SSSR count). The van der Waals surface area contributed by atoms with Crippen LogP contribution < -0.4 is 5.32 Å². The molecule has 0 bridgehead atoms. The number of rotatable bonds is 5. The van der Waals surface area contributed by atoms with E-state index in [2.05, 4.69) is 21.6 Å². The number of carbonyl (C=O) groups is 1. The molecule has 1 aromatic rings. The number of anilines is 1. The SMILES string of the molecule is CCCc1nsc(NC2CCCC2C(=O)O)n1. The van der Waals surface area contributed by atoms with Crippen LogP contribution in [0.5, 0.6) is 0 Å². The van der Waals surface area contributed by atoms with E-state index in [0.717, 1.165) is 43.1 Å². The van der Waals surface area contributed by atoms with Crippen LogP contribution in [0.25, 0.3) is 0 Å². The molecule has 17 heavy (non-hydrogen) atoms. The molecule has 2 atom stereocenters. The maximum Gasteiger partial charge on any atom is 0.308 e. The summed E-state index contributed by atoms with van der Waals surface area (Å²) in [6, 6.07) is 0.00919. The van der Waals surface area contributed by atoms with Crippen LogP contribution >= 0.6 is 11.5 Å². The molecule has 6 heteroatoms. The molecule has 5 nitrogen and oxygen atoms in total. The van der Waals surface area contributed by atoms with E-state index in [-0.39, 0.29) is 12.0 Å². The second-order valence-electron chi connectivity index (χ2n) is 4.39. The molecule has 1 aliphatic rings. The molecule has 1 saturated carbocycles. The first kappa shape index (κ1) is 12.3. The van der Waals surface area contributed by atoms with Crippen LogP contribution in [0.1, 0.15) is 38.4 Å². The number of aliphatic carboxylic acids is 1. The predicted octanol–water partition coefficient (Wildman–Crippen LogP) is 2.16. The van der Waals surface area contributed by atoms with Gasteiger partial charge in [-0.05, 0) is 19.3 Å². The molecule has 1 heterocycles. The lowest BCUT2D eigenvalue weighted by Crippen LogP contribution is -2.29. The molecule has 2 unspecified atom stereocenters. The van der Waals surface area contributed by atoms with Crippen molar-refractivity contribution in [2.45, 2.75) is 45.1 Å². The summed E-state index contributed by atoms with van der Waals surface area (Å²) in [5, 5.41) is 13.0. The summed E-state index contributed by atoms with van der Waals surface area (Å²) in [6.45, 7) is 2.09. The van der Waals surface area contributed by atoms with Gasteiger partial charge in [0.05, 0.1) is 5.92 Å². The molecule has 0 saturated heterocycles. The summed E-state index contributed by atoms with van der Waals surface area (Å²) in [4.78, 5) is 15.4. The Kier molecular flexibility index (Phi) is 3.93. The van der Waals surface area contributed by atoms with Gasteiger partial charge in [0.25, 0.3) is 0 Å². The minimum absolute atomic E-state index is 0.00919. The van der Waals surface area contributed by atoms with Crippen LogP contribution in [0, 0.1) is 5.92 Å². The lowest BCUT2D eigenvalue weighted by Gasteiger charge is -2.16. The van der Waals surface area contributed by atoms with E-state index >= 15 is 0 Å². The van der Waals surface area contributed by atoms with Crippen molar-refractivity contribution < 1.29 is 9.90 Å². The molecule has 0 amide bonds. The van der Waals surface area contributed by atoms with E-state index in [0.29, 0.717) is 0 Å². The number of hydrogen-bond acceptors (Lipinski definition) is 5. The maximum absolute atomic E-state index is 11.0. The van der Waals surface area contributed by atoms with Gasteiger partial charge in [-0.15, -0.1) is 0 Å². The maximum atomic E-state index is 11.0. The number of hydrogen-bond donors (Lipinski definition) is 2. The molecular weight excluding hydrogens is 238 g/mol. The lowest BCUT2D eigenvalue weighted by atomic mass is 10.0. The Morgan fingerprint density at radius 2 is 2.41 bits per heavy atom. The molecule has 94 valence electrons. The van der Waals surface area contributed by atoms with Crippen molar-refractivity contribution >= 4 is 22.6 Å². The number of nitrogens with one attached hydrogen (secondary N) is 1. The average molecular weight is 255 g/mol. The zero-order valence-electron chi connectivity index (χ0n) is 9.85. The molecular formula is C11H17N3O2S. The Hall–Kier alpha value is -1.17. The third kappa shape index (κ3) is 2.94. The number of nitrogens with zero attached hydrogens (tertiary/aromatic N) is 2. The van der Waals surface area contributed by atoms with Crippen molar-refractivity contribution in [1.82, 2.24) is 9.36 Å². The molecule has 1 fully saturated rings. The van der Waals surface area contributed by atoms with Gasteiger partial charge < -0.3 is 10.4 Å². The molecule has 0 radical (unpaired) electrons. The van der Waals surface area contributed by atoms with Crippen molar-refractivity contribution in [3.8, 4) is 0 Å². The van der Waals surface area contributed by atoms with E-state index in [1.54, 1.807) is 0 Å². The third-order valence-electron chi connectivity index (χ3n) is 3.08. The normalized spacial score (nSPS) is 23.8. The van der Waals surface area contributed by atoms with Crippen molar-refractivity contribution in [3.63, 3.8) is 0 Å². The topological polar surface area (TPSA) is 75.1 Å². The van der Waals surface area contributed by atoms with Crippen LogP contribution in [-0.2, 0) is 11.2 Å². The highest BCUT2D eigenvalue weighted by Crippen LogP contribution is 2.29. The van der Waals surface area contributed by atoms with Gasteiger partial charge in [-0.3, -0.25) is 4.79 Å². The van der Waals surface area contributed by atoms with E-state index < -0.39 is 5.97 Å². The Morgan fingerprint density at radius 1 is 1.59 bits per heavy atom. The van der Waals surface area contributed by atoms with Gasteiger partial charge in [-0.1, -0.05) is 13.3 Å². The van der Waals surface area contributed by atoms with Crippen molar-refractivity contribution in [3.05, 3.63) is 5.82 Å². The fourth-order valence-corrected chi connectivity index (χ4v) is 2.90. The second-order valence-corrected chi connectivity index (χ2v) is 5.14. The molecule has 1 aliphatic carbocycles. The second kappa shape index (κ2) is 5.44. The van der Waals surface area contributed by atoms with E-state index in [1.807, 2.05) is 0 Å². The Labute approximate surface area is 104 Å². The largest absolute Gasteiger partial charge is 0.481 e. The van der Waals surface area contributed by atoms with E-state index in [4.69, 9.17) is 5.11 Å². The standard InChI is InChI=1S/C11H17N3O2S/c1-2-4-9-13-11(17-14-9)12-8-6-3-5-7(8)10(15)16/h7-8H,2-6H2,1H3,(H,15,16)(H,12,13,14). The molecule has 0 spiro atoms. The Bertz CT molecular complexity index is 394. The first-order valence-electron chi connectivity index (χ1n) is 6.02. The Morgan fingerprint density at radius 3 is 3.12 bits per heavy atom. The van der Waals surface area contributed by atoms with Gasteiger partial charge in [0.1, 0.15) is 5.82 Å².